The monoisotopic (exact) mass is 260 g/mol. The second-order valence-corrected chi connectivity index (χ2v) is 4.46. The molecule has 0 aliphatic carbocycles. The number of nitriles is 1. The largest absolute Gasteiger partial charge is 0.494 e. The van der Waals surface area contributed by atoms with Crippen molar-refractivity contribution in [2.75, 3.05) is 6.61 Å². The molecular weight excluding hydrogens is 240 g/mol. The van der Waals surface area contributed by atoms with Crippen molar-refractivity contribution in [3.8, 4) is 11.8 Å². The van der Waals surface area contributed by atoms with E-state index in [1.54, 1.807) is 24.3 Å². The average Bonchev–Trinajstić information content (AvgIpc) is 2.40. The number of nitrogens with one attached hydrogen (secondary N) is 1. The minimum atomic E-state index is -0.164. The van der Waals surface area contributed by atoms with Gasteiger partial charge in [-0.2, -0.15) is 5.26 Å². The maximum absolute atomic E-state index is 11.8. The third kappa shape index (κ3) is 5.43. The number of rotatable bonds is 7. The van der Waals surface area contributed by atoms with Crippen LogP contribution in [-0.4, -0.2) is 18.6 Å². The van der Waals surface area contributed by atoms with E-state index in [1.807, 2.05) is 13.0 Å². The number of nitrogens with zero attached hydrogens (tertiary/aromatic N) is 1. The van der Waals surface area contributed by atoms with Gasteiger partial charge in [0.1, 0.15) is 5.75 Å². The zero-order valence-corrected chi connectivity index (χ0v) is 11.5. The summed E-state index contributed by atoms with van der Waals surface area (Å²) in [6.45, 7) is 4.61. The van der Waals surface area contributed by atoms with Crippen molar-refractivity contribution in [1.29, 1.82) is 5.26 Å². The van der Waals surface area contributed by atoms with Gasteiger partial charge in [-0.1, -0.05) is 13.3 Å². The molecular formula is C15H20N2O2. The number of unbranched alkanes of at least 4 members (excludes halogenated alkanes) is 1. The van der Waals surface area contributed by atoms with Crippen molar-refractivity contribution in [2.45, 2.75) is 39.2 Å². The standard InChI is InChI=1S/C15H20N2O2/c1-3-4-11-19-14-7-5-13(6-8-14)15(18)17-12(2)9-10-16/h5-8,12H,3-4,9,11H2,1-2H3,(H,17,18). The first-order valence-electron chi connectivity index (χ1n) is 6.58. The maximum atomic E-state index is 11.8. The number of hydrogen-bond donors (Lipinski definition) is 1. The molecule has 0 fully saturated rings. The molecule has 0 aliphatic rings. The van der Waals surface area contributed by atoms with E-state index in [9.17, 15) is 4.79 Å². The third-order valence-corrected chi connectivity index (χ3v) is 2.66. The summed E-state index contributed by atoms with van der Waals surface area (Å²) in [4.78, 5) is 11.8. The molecule has 19 heavy (non-hydrogen) atoms. The maximum Gasteiger partial charge on any atom is 0.251 e. The van der Waals surface area contributed by atoms with Gasteiger partial charge in [0.05, 0.1) is 19.1 Å². The highest BCUT2D eigenvalue weighted by Crippen LogP contribution is 2.13. The molecule has 4 heteroatoms. The summed E-state index contributed by atoms with van der Waals surface area (Å²) >= 11 is 0. The molecule has 1 amide bonds. The lowest BCUT2D eigenvalue weighted by Gasteiger charge is -2.11. The lowest BCUT2D eigenvalue weighted by molar-refractivity contribution is 0.0941. The fraction of sp³-hybridized carbons (Fsp3) is 0.467. The zero-order valence-electron chi connectivity index (χ0n) is 11.5. The summed E-state index contributed by atoms with van der Waals surface area (Å²) in [6.07, 6.45) is 2.43. The van der Waals surface area contributed by atoms with Crippen LogP contribution in [0, 0.1) is 11.3 Å². The molecule has 0 spiro atoms. The first-order chi connectivity index (χ1) is 9.17. The number of hydrogen-bond acceptors (Lipinski definition) is 3. The lowest BCUT2D eigenvalue weighted by atomic mass is 10.2. The van der Waals surface area contributed by atoms with Crippen molar-refractivity contribution in [3.63, 3.8) is 0 Å². The smallest absolute Gasteiger partial charge is 0.251 e. The molecule has 1 atom stereocenters. The van der Waals surface area contributed by atoms with Crippen molar-refractivity contribution < 1.29 is 9.53 Å². The van der Waals surface area contributed by atoms with Gasteiger partial charge in [0, 0.05) is 11.6 Å². The van der Waals surface area contributed by atoms with Crippen LogP contribution < -0.4 is 10.1 Å². The Balaban J connectivity index is 2.51. The zero-order chi connectivity index (χ0) is 14.1. The van der Waals surface area contributed by atoms with Crippen LogP contribution in [0.2, 0.25) is 0 Å². The molecule has 1 rings (SSSR count). The highest BCUT2D eigenvalue weighted by Gasteiger charge is 2.09. The Labute approximate surface area is 114 Å². The van der Waals surface area contributed by atoms with Crippen LogP contribution >= 0.6 is 0 Å². The van der Waals surface area contributed by atoms with Crippen LogP contribution in [0.15, 0.2) is 24.3 Å². The minimum absolute atomic E-state index is 0.141. The fourth-order valence-electron chi connectivity index (χ4n) is 1.53. The minimum Gasteiger partial charge on any atom is -0.494 e. The summed E-state index contributed by atoms with van der Waals surface area (Å²) in [6, 6.07) is 8.93. The molecule has 0 bridgehead atoms. The highest BCUT2D eigenvalue weighted by atomic mass is 16.5. The van der Waals surface area contributed by atoms with Gasteiger partial charge in [0.2, 0.25) is 0 Å². The third-order valence-electron chi connectivity index (χ3n) is 2.66. The average molecular weight is 260 g/mol. The predicted octanol–water partition coefficient (Wildman–Crippen LogP) is 2.90. The summed E-state index contributed by atoms with van der Waals surface area (Å²) in [5, 5.41) is 11.3. The van der Waals surface area contributed by atoms with E-state index in [1.165, 1.54) is 0 Å². The Morgan fingerprint density at radius 3 is 2.68 bits per heavy atom. The van der Waals surface area contributed by atoms with Gasteiger partial charge >= 0.3 is 0 Å². The SMILES string of the molecule is CCCCOc1ccc(C(=O)NC(C)CC#N)cc1. The van der Waals surface area contributed by atoms with Crippen LogP contribution in [0.25, 0.3) is 0 Å². The molecule has 4 nitrogen and oxygen atoms in total. The van der Waals surface area contributed by atoms with E-state index in [0.717, 1.165) is 18.6 Å². The van der Waals surface area contributed by atoms with Gasteiger partial charge in [-0.15, -0.1) is 0 Å². The number of ether oxygens (including phenoxy) is 1. The molecule has 0 aliphatic heterocycles. The summed E-state index contributed by atoms with van der Waals surface area (Å²) in [7, 11) is 0. The van der Waals surface area contributed by atoms with Gasteiger partial charge in [0.25, 0.3) is 5.91 Å². The second kappa shape index (κ2) is 8.15. The summed E-state index contributed by atoms with van der Waals surface area (Å²) in [5.74, 6) is 0.609. The molecule has 1 unspecified atom stereocenters. The molecule has 0 radical (unpaired) electrons. The normalized spacial score (nSPS) is 11.4. The van der Waals surface area contributed by atoms with Crippen LogP contribution in [0.3, 0.4) is 0 Å². The van der Waals surface area contributed by atoms with Gasteiger partial charge < -0.3 is 10.1 Å². The van der Waals surface area contributed by atoms with Crippen LogP contribution in [0.1, 0.15) is 43.5 Å². The Bertz CT molecular complexity index is 434. The topological polar surface area (TPSA) is 62.1 Å². The summed E-state index contributed by atoms with van der Waals surface area (Å²) < 4.78 is 5.53. The molecule has 0 aromatic heterocycles. The van der Waals surface area contributed by atoms with E-state index in [0.29, 0.717) is 18.6 Å². The first kappa shape index (κ1) is 15.0. The van der Waals surface area contributed by atoms with Crippen LogP contribution in [-0.2, 0) is 0 Å². The molecule has 0 saturated heterocycles. The second-order valence-electron chi connectivity index (χ2n) is 4.46. The Hall–Kier alpha value is -2.02. The number of carbonyl (C=O) groups excluding carboxylic acids is 1. The molecule has 1 N–H and O–H groups in total. The number of carbonyl (C=O) groups is 1. The number of benzene rings is 1. The van der Waals surface area contributed by atoms with E-state index in [4.69, 9.17) is 10.00 Å². The highest BCUT2D eigenvalue weighted by molar-refractivity contribution is 5.94. The van der Waals surface area contributed by atoms with Crippen molar-refractivity contribution in [1.82, 2.24) is 5.32 Å². The van der Waals surface area contributed by atoms with E-state index in [2.05, 4.69) is 12.2 Å². The molecule has 1 aromatic carbocycles. The van der Waals surface area contributed by atoms with Crippen molar-refractivity contribution in [2.24, 2.45) is 0 Å². The Morgan fingerprint density at radius 1 is 1.42 bits per heavy atom. The predicted molar refractivity (Wildman–Crippen MR) is 74.0 cm³/mol. The van der Waals surface area contributed by atoms with E-state index < -0.39 is 0 Å². The number of amides is 1. The molecule has 102 valence electrons. The lowest BCUT2D eigenvalue weighted by Crippen LogP contribution is -2.32. The quantitative estimate of drug-likeness (QED) is 0.767. The van der Waals surface area contributed by atoms with Crippen LogP contribution in [0.4, 0.5) is 0 Å². The Morgan fingerprint density at radius 2 is 2.11 bits per heavy atom. The van der Waals surface area contributed by atoms with Crippen LogP contribution in [0.5, 0.6) is 5.75 Å². The van der Waals surface area contributed by atoms with Gasteiger partial charge in [-0.05, 0) is 37.6 Å². The van der Waals surface area contributed by atoms with E-state index >= 15 is 0 Å². The summed E-state index contributed by atoms with van der Waals surface area (Å²) in [5.41, 5.74) is 0.577. The van der Waals surface area contributed by atoms with Gasteiger partial charge in [-0.25, -0.2) is 0 Å². The molecule has 1 aromatic rings. The Kier molecular flexibility index (Phi) is 6.45. The molecule has 0 saturated carbocycles. The van der Waals surface area contributed by atoms with Crippen molar-refractivity contribution >= 4 is 5.91 Å². The first-order valence-corrected chi connectivity index (χ1v) is 6.58. The van der Waals surface area contributed by atoms with Gasteiger partial charge in [0.15, 0.2) is 0 Å². The van der Waals surface area contributed by atoms with Crippen molar-refractivity contribution in [3.05, 3.63) is 29.8 Å². The van der Waals surface area contributed by atoms with E-state index in [-0.39, 0.29) is 11.9 Å². The van der Waals surface area contributed by atoms with Gasteiger partial charge in [-0.3, -0.25) is 4.79 Å². The molecule has 0 heterocycles. The fourth-order valence-corrected chi connectivity index (χ4v) is 1.53.